The molecule has 3 aromatic rings. The molecule has 1 aromatic heterocycles. The molecule has 0 bridgehead atoms. The van der Waals surface area contributed by atoms with E-state index in [1.807, 2.05) is 0 Å². The third kappa shape index (κ3) is 6.03. The molecule has 4 rings (SSSR count). The lowest BCUT2D eigenvalue weighted by Crippen LogP contribution is -2.45. The first-order valence-electron chi connectivity index (χ1n) is 12.2. The molecule has 214 valence electrons. The van der Waals surface area contributed by atoms with E-state index in [9.17, 15) is 23.5 Å². The monoisotopic (exact) mass is 565 g/mol. The number of methoxy groups -OCH3 is 1. The van der Waals surface area contributed by atoms with Crippen molar-refractivity contribution >= 4 is 17.5 Å². The Balaban J connectivity index is 1.64. The summed E-state index contributed by atoms with van der Waals surface area (Å²) < 4.78 is 70.1. The van der Waals surface area contributed by atoms with Gasteiger partial charge in [-0.15, -0.1) is 0 Å². The van der Waals surface area contributed by atoms with Crippen LogP contribution in [0.5, 0.6) is 11.6 Å². The number of aromatic hydroxyl groups is 1. The minimum Gasteiger partial charge on any atom is -0.497 e. The van der Waals surface area contributed by atoms with Crippen molar-refractivity contribution in [3.63, 3.8) is 0 Å². The second kappa shape index (κ2) is 11.5. The number of nitrogens with zero attached hydrogens (tertiary/aromatic N) is 2. The quantitative estimate of drug-likeness (QED) is 0.365. The summed E-state index contributed by atoms with van der Waals surface area (Å²) in [7, 11) is 1.49. The van der Waals surface area contributed by atoms with E-state index in [2.05, 4.69) is 10.5 Å². The lowest BCUT2D eigenvalue weighted by atomic mass is 9.84. The van der Waals surface area contributed by atoms with E-state index in [0.29, 0.717) is 17.7 Å². The molecular formula is C27H27F4N3O6. The summed E-state index contributed by atoms with van der Waals surface area (Å²) in [5, 5.41) is 15.3. The van der Waals surface area contributed by atoms with Crippen molar-refractivity contribution in [2.24, 2.45) is 0 Å². The Bertz CT molecular complexity index is 1390. The summed E-state index contributed by atoms with van der Waals surface area (Å²) in [4.78, 5) is 28.0. The molecule has 2 N–H and O–H groups in total. The Kier molecular flexibility index (Phi) is 8.33. The van der Waals surface area contributed by atoms with E-state index in [1.165, 1.54) is 25.9 Å². The molecule has 0 spiro atoms. The van der Waals surface area contributed by atoms with Crippen LogP contribution in [-0.2, 0) is 21.4 Å². The normalized spacial score (nSPS) is 15.2. The number of amides is 2. The van der Waals surface area contributed by atoms with E-state index in [4.69, 9.17) is 14.0 Å². The van der Waals surface area contributed by atoms with E-state index in [0.717, 1.165) is 23.8 Å². The van der Waals surface area contributed by atoms with Gasteiger partial charge in [0, 0.05) is 23.2 Å². The molecule has 13 heteroatoms. The van der Waals surface area contributed by atoms with Crippen LogP contribution in [0, 0.1) is 11.6 Å². The molecule has 1 atom stereocenters. The molecule has 1 aliphatic rings. The molecule has 2 aromatic carbocycles. The number of alkyl halides is 2. The maximum absolute atomic E-state index is 15.1. The maximum atomic E-state index is 15.1. The first-order chi connectivity index (χ1) is 18.9. The van der Waals surface area contributed by atoms with Gasteiger partial charge in [0.05, 0.1) is 19.8 Å². The van der Waals surface area contributed by atoms with Gasteiger partial charge in [-0.2, -0.15) is 0 Å². The number of carbonyl (C=O) groups is 2. The summed E-state index contributed by atoms with van der Waals surface area (Å²) in [5.41, 5.74) is -0.729. The van der Waals surface area contributed by atoms with Crippen molar-refractivity contribution in [2.45, 2.75) is 38.2 Å². The Morgan fingerprint density at radius 1 is 1.20 bits per heavy atom. The standard InChI is InChI=1S/C27H27F4N3O6/c1-27(2,13-39-12-21(30)31)23-18(28)9-15(10-19(23)29)32-25(36)24-17-5-4-16(38-3)8-14(17)6-7-34(24)26(37)20-11-22(35)33-40-20/h4-5,8-11,21,24H,6-7,12-13H2,1-3H3,(H,32,36)(H,33,35)/t24-/m1/s1. The van der Waals surface area contributed by atoms with Crippen molar-refractivity contribution in [2.75, 3.05) is 32.2 Å². The number of benzene rings is 2. The van der Waals surface area contributed by atoms with Crippen molar-refractivity contribution in [1.29, 1.82) is 0 Å². The Labute approximate surface area is 226 Å². The van der Waals surface area contributed by atoms with Crippen molar-refractivity contribution in [1.82, 2.24) is 10.1 Å². The Hall–Kier alpha value is -4.13. The zero-order chi connectivity index (χ0) is 29.2. The number of rotatable bonds is 9. The summed E-state index contributed by atoms with van der Waals surface area (Å²) in [6.45, 7) is 1.71. The van der Waals surface area contributed by atoms with Gasteiger partial charge in [-0.25, -0.2) is 17.6 Å². The molecule has 9 nitrogen and oxygen atoms in total. The Morgan fingerprint density at radius 2 is 1.90 bits per heavy atom. The highest BCUT2D eigenvalue weighted by Gasteiger charge is 2.38. The number of halogens is 4. The van der Waals surface area contributed by atoms with Gasteiger partial charge < -0.3 is 29.3 Å². The van der Waals surface area contributed by atoms with Gasteiger partial charge in [0.2, 0.25) is 5.76 Å². The van der Waals surface area contributed by atoms with Gasteiger partial charge in [-0.1, -0.05) is 19.9 Å². The van der Waals surface area contributed by atoms with Crippen LogP contribution in [-0.4, -0.2) is 60.3 Å². The maximum Gasteiger partial charge on any atom is 0.293 e. The first kappa shape index (κ1) is 28.9. The molecule has 0 saturated carbocycles. The average Bonchev–Trinajstić information content (AvgIpc) is 3.32. The van der Waals surface area contributed by atoms with Crippen molar-refractivity contribution < 1.29 is 46.3 Å². The Morgan fingerprint density at radius 3 is 2.50 bits per heavy atom. The lowest BCUT2D eigenvalue weighted by molar-refractivity contribution is -0.121. The van der Waals surface area contributed by atoms with Gasteiger partial charge >= 0.3 is 0 Å². The van der Waals surface area contributed by atoms with E-state index in [-0.39, 0.29) is 24.6 Å². The minimum absolute atomic E-state index is 0.0764. The van der Waals surface area contributed by atoms with Crippen LogP contribution < -0.4 is 10.1 Å². The fourth-order valence-corrected chi connectivity index (χ4v) is 4.72. The number of carbonyl (C=O) groups excluding carboxylic acids is 2. The number of nitrogens with one attached hydrogen (secondary N) is 1. The molecular weight excluding hydrogens is 538 g/mol. The van der Waals surface area contributed by atoms with Crippen LogP contribution in [0.2, 0.25) is 0 Å². The van der Waals surface area contributed by atoms with Crippen molar-refractivity contribution in [3.8, 4) is 11.6 Å². The predicted octanol–water partition coefficient (Wildman–Crippen LogP) is 4.60. The molecule has 1 aliphatic heterocycles. The van der Waals surface area contributed by atoms with Gasteiger partial charge in [0.15, 0.2) is 0 Å². The zero-order valence-corrected chi connectivity index (χ0v) is 21.8. The molecule has 0 saturated heterocycles. The van der Waals surface area contributed by atoms with Crippen LogP contribution in [0.25, 0.3) is 0 Å². The highest BCUT2D eigenvalue weighted by molar-refractivity contribution is 6.01. The lowest BCUT2D eigenvalue weighted by Gasteiger charge is -2.36. The van der Waals surface area contributed by atoms with Crippen LogP contribution in [0.1, 0.15) is 47.1 Å². The number of fused-ring (bicyclic) bond motifs is 1. The average molecular weight is 566 g/mol. The smallest absolute Gasteiger partial charge is 0.293 e. The molecule has 40 heavy (non-hydrogen) atoms. The van der Waals surface area contributed by atoms with E-state index >= 15 is 8.78 Å². The van der Waals surface area contributed by atoms with Crippen LogP contribution in [0.4, 0.5) is 23.2 Å². The number of anilines is 1. The highest BCUT2D eigenvalue weighted by atomic mass is 19.3. The molecule has 2 amide bonds. The first-order valence-corrected chi connectivity index (χ1v) is 12.2. The SMILES string of the molecule is COc1ccc2c(c1)CCN(C(=O)c1cc(O)no1)[C@H]2C(=O)Nc1cc(F)c(C(C)(C)COCC(F)F)c(F)c1. The summed E-state index contributed by atoms with van der Waals surface area (Å²) in [5.74, 6) is -3.80. The number of aromatic nitrogens is 1. The number of hydrogen-bond donors (Lipinski definition) is 2. The summed E-state index contributed by atoms with van der Waals surface area (Å²) >= 11 is 0. The second-order valence-electron chi connectivity index (χ2n) is 9.86. The van der Waals surface area contributed by atoms with Crippen LogP contribution >= 0.6 is 0 Å². The fourth-order valence-electron chi connectivity index (χ4n) is 4.72. The van der Waals surface area contributed by atoms with Crippen molar-refractivity contribution in [3.05, 3.63) is 70.5 Å². The predicted molar refractivity (Wildman–Crippen MR) is 133 cm³/mol. The number of ether oxygens (including phenoxy) is 2. The van der Waals surface area contributed by atoms with E-state index < -0.39 is 59.4 Å². The van der Waals surface area contributed by atoms with Crippen LogP contribution in [0.15, 0.2) is 40.9 Å². The molecule has 0 aliphatic carbocycles. The summed E-state index contributed by atoms with van der Waals surface area (Å²) in [6.07, 6.45) is -2.36. The largest absolute Gasteiger partial charge is 0.497 e. The van der Waals surface area contributed by atoms with Crippen LogP contribution in [0.3, 0.4) is 0 Å². The molecule has 0 radical (unpaired) electrons. The fraction of sp³-hybridized carbons (Fsp3) is 0.370. The second-order valence-corrected chi connectivity index (χ2v) is 9.86. The van der Waals surface area contributed by atoms with Gasteiger partial charge in [-0.3, -0.25) is 9.59 Å². The van der Waals surface area contributed by atoms with Gasteiger partial charge in [0.25, 0.3) is 24.1 Å². The molecule has 0 fully saturated rings. The summed E-state index contributed by atoms with van der Waals surface area (Å²) in [6, 6.07) is 6.54. The highest BCUT2D eigenvalue weighted by Crippen LogP contribution is 2.36. The molecule has 0 unspecified atom stereocenters. The molecule has 2 heterocycles. The van der Waals surface area contributed by atoms with Gasteiger partial charge in [0.1, 0.15) is 30.0 Å². The third-order valence-electron chi connectivity index (χ3n) is 6.49. The minimum atomic E-state index is -2.73. The van der Waals surface area contributed by atoms with E-state index in [1.54, 1.807) is 18.2 Å². The van der Waals surface area contributed by atoms with Gasteiger partial charge in [-0.05, 0) is 47.0 Å². The third-order valence-corrected chi connectivity index (χ3v) is 6.49. The number of hydrogen-bond acceptors (Lipinski definition) is 7. The topological polar surface area (TPSA) is 114 Å². The zero-order valence-electron chi connectivity index (χ0n) is 21.8.